The summed E-state index contributed by atoms with van der Waals surface area (Å²) in [5.74, 6) is -0.101. The van der Waals surface area contributed by atoms with Gasteiger partial charge in [0.05, 0.1) is 61.8 Å². The van der Waals surface area contributed by atoms with Crippen LogP contribution >= 0.6 is 7.75 Å². The zero-order valence-electron chi connectivity index (χ0n) is 35.5. The number of aromatic amines is 1. The zero-order chi connectivity index (χ0) is 50.3. The number of aliphatic hydroxyl groups excluding tert-OH is 10. The Morgan fingerprint density at radius 1 is 0.803 bits per heavy atom. The summed E-state index contributed by atoms with van der Waals surface area (Å²) in [5.41, 5.74) is -3.89. The topological polar surface area (TPSA) is 356 Å². The highest BCUT2D eigenvalue weighted by molar-refractivity contribution is 7.49. The number of hydrogen-bond donors (Lipinski definition) is 15. The van der Waals surface area contributed by atoms with Gasteiger partial charge in [-0.25, -0.2) is 9.36 Å². The van der Waals surface area contributed by atoms with Crippen molar-refractivity contribution in [2.45, 2.75) is 93.1 Å². The molecular formula is C37H57F6N6O16P. The van der Waals surface area contributed by atoms with Crippen molar-refractivity contribution < 1.29 is 101 Å². The SMILES string of the molecule is CNC[C@H](O)[C@@H](O)[C@H](O)[C@H](O)CO.CNC[C@H](O)[C@@H](O)[C@H](O)[C@H](O)CO.C[C@H](O[C@H]1OCCN(Cc2nn(P(=O)(O)O)c(=O)[nH]2)[C@@H]1c1ccccc1)c1cc(C(F)(F)F)cc(C(F)(F)F)c1. The van der Waals surface area contributed by atoms with Gasteiger partial charge in [-0.15, -0.1) is 9.55 Å². The molecule has 11 atom stereocenters. The summed E-state index contributed by atoms with van der Waals surface area (Å²) in [6, 6.07) is 8.87. The standard InChI is InChI=1S/C23H23F6N4O6P.2C7H17NO5/c1-13(15-9-16(22(24,25)26)11-17(10-15)23(27,28)29)39-20-19(14-5-3-2-4-6-14)32(7-8-38-20)12-18-30-21(34)33(31-18)40(35,36)37;2*1-8-2-4(10)6(12)7(13)5(11)3-9/h2-6,9-11,13,19-20H,7-8,12H2,1H3,(H,30,31,34)(H2,35,36,37);2*4-13H,2-3H2,1H3/t13-,19+,20+;2*4-,5+,6+,7+/m000/s1. The Balaban J connectivity index is 0.000000470. The lowest BCUT2D eigenvalue weighted by Gasteiger charge is -2.41. The molecule has 1 saturated heterocycles. The number of nitrogens with one attached hydrogen (secondary N) is 3. The molecule has 0 amide bonds. The fourth-order valence-electron chi connectivity index (χ4n) is 6.08. The van der Waals surface area contributed by atoms with Crippen LogP contribution in [-0.2, 0) is 32.9 Å². The van der Waals surface area contributed by atoms with Crippen LogP contribution in [0.15, 0.2) is 53.3 Å². The van der Waals surface area contributed by atoms with Crippen LogP contribution in [0.4, 0.5) is 26.3 Å². The number of alkyl halides is 6. The first-order valence-corrected chi connectivity index (χ1v) is 21.2. The van der Waals surface area contributed by atoms with Crippen LogP contribution in [0.2, 0.25) is 0 Å². The van der Waals surface area contributed by atoms with Crippen LogP contribution in [0.25, 0.3) is 0 Å². The maximum Gasteiger partial charge on any atom is 0.454 e. The van der Waals surface area contributed by atoms with Crippen molar-refractivity contribution in [2.24, 2.45) is 0 Å². The van der Waals surface area contributed by atoms with Crippen molar-refractivity contribution in [2.75, 3.05) is 53.6 Å². The quantitative estimate of drug-likeness (QED) is 0.0436. The minimum atomic E-state index is -5.03. The van der Waals surface area contributed by atoms with Crippen LogP contribution < -0.4 is 16.3 Å². The first kappa shape index (κ1) is 58.6. The lowest BCUT2D eigenvalue weighted by molar-refractivity contribution is -0.231. The average molecular weight is 987 g/mol. The molecule has 0 unspecified atom stereocenters. The molecule has 1 aliphatic rings. The molecule has 1 aliphatic heterocycles. The molecule has 15 N–H and O–H groups in total. The van der Waals surface area contributed by atoms with Crippen molar-refractivity contribution in [1.82, 2.24) is 30.1 Å². The number of hydrogen-bond acceptors (Lipinski definition) is 18. The number of halogens is 6. The lowest BCUT2D eigenvalue weighted by atomic mass is 10.0. The molecule has 0 saturated carbocycles. The van der Waals surface area contributed by atoms with Crippen LogP contribution in [-0.4, -0.2) is 189 Å². The largest absolute Gasteiger partial charge is 0.454 e. The minimum Gasteiger partial charge on any atom is -0.394 e. The highest BCUT2D eigenvalue weighted by Crippen LogP contribution is 2.40. The van der Waals surface area contributed by atoms with E-state index in [0.717, 1.165) is 0 Å². The van der Waals surface area contributed by atoms with E-state index in [1.807, 2.05) is 0 Å². The smallest absolute Gasteiger partial charge is 0.394 e. The number of H-pyrrole nitrogens is 1. The predicted molar refractivity (Wildman–Crippen MR) is 216 cm³/mol. The van der Waals surface area contributed by atoms with E-state index in [0.29, 0.717) is 17.7 Å². The average Bonchev–Trinajstić information content (AvgIpc) is 3.65. The molecule has 1 fully saturated rings. The molecule has 29 heteroatoms. The Morgan fingerprint density at radius 2 is 1.26 bits per heavy atom. The monoisotopic (exact) mass is 986 g/mol. The molecule has 378 valence electrons. The summed E-state index contributed by atoms with van der Waals surface area (Å²) in [6.07, 6.45) is -23.8. The van der Waals surface area contributed by atoms with Crippen LogP contribution in [0.3, 0.4) is 0 Å². The number of rotatable bonds is 19. The molecule has 2 heterocycles. The molecule has 66 heavy (non-hydrogen) atoms. The summed E-state index contributed by atoms with van der Waals surface area (Å²) in [6.45, 7) is 0.225. The van der Waals surface area contributed by atoms with Gasteiger partial charge in [0.1, 0.15) is 42.4 Å². The summed E-state index contributed by atoms with van der Waals surface area (Å²) in [4.78, 5) is 34.5. The Bertz CT molecular complexity index is 1920. The number of ether oxygens (including phenoxy) is 2. The zero-order valence-corrected chi connectivity index (χ0v) is 36.4. The van der Waals surface area contributed by atoms with Gasteiger partial charge in [-0.1, -0.05) is 30.3 Å². The number of likely N-dealkylation sites (N-methyl/N-ethyl adjacent to an activating group) is 2. The van der Waals surface area contributed by atoms with Gasteiger partial charge in [0, 0.05) is 19.6 Å². The summed E-state index contributed by atoms with van der Waals surface area (Å²) >= 11 is 0. The van der Waals surface area contributed by atoms with Crippen LogP contribution in [0.5, 0.6) is 0 Å². The minimum absolute atomic E-state index is 0.00222. The fraction of sp³-hybridized carbons (Fsp3) is 0.622. The first-order chi connectivity index (χ1) is 30.6. The number of nitrogens with zero attached hydrogens (tertiary/aromatic N) is 3. The third-order valence-corrected chi connectivity index (χ3v) is 10.4. The second kappa shape index (κ2) is 26.3. The molecule has 4 rings (SSSR count). The molecule has 3 aromatic rings. The molecule has 22 nitrogen and oxygen atoms in total. The van der Waals surface area contributed by atoms with Crippen molar-refractivity contribution in [3.8, 4) is 0 Å². The van der Waals surface area contributed by atoms with E-state index in [9.17, 15) is 55.7 Å². The first-order valence-electron chi connectivity index (χ1n) is 19.7. The van der Waals surface area contributed by atoms with E-state index in [2.05, 4.69) is 20.7 Å². The van der Waals surface area contributed by atoms with Gasteiger partial charge in [0.2, 0.25) is 0 Å². The highest BCUT2D eigenvalue weighted by Gasteiger charge is 2.40. The summed E-state index contributed by atoms with van der Waals surface area (Å²) in [7, 11) is -1.88. The Hall–Kier alpha value is -3.49. The summed E-state index contributed by atoms with van der Waals surface area (Å²) < 4.78 is 103. The van der Waals surface area contributed by atoms with Gasteiger partial charge in [-0.2, -0.15) is 26.3 Å². The van der Waals surface area contributed by atoms with Gasteiger partial charge in [0.15, 0.2) is 6.29 Å². The number of benzene rings is 2. The maximum atomic E-state index is 13.4. The predicted octanol–water partition coefficient (Wildman–Crippen LogP) is -2.49. The van der Waals surface area contributed by atoms with E-state index in [4.69, 9.17) is 50.3 Å². The number of aliphatic hydroxyl groups is 10. The van der Waals surface area contributed by atoms with E-state index in [1.165, 1.54) is 6.92 Å². The van der Waals surface area contributed by atoms with E-state index >= 15 is 0 Å². The second-order valence-electron chi connectivity index (χ2n) is 14.7. The number of morpholine rings is 1. The molecule has 0 spiro atoms. The van der Waals surface area contributed by atoms with Gasteiger partial charge in [-0.3, -0.25) is 9.88 Å². The Kier molecular flexibility index (Phi) is 23.4. The highest BCUT2D eigenvalue weighted by atomic mass is 31.2. The third kappa shape index (κ3) is 17.5. The molecule has 2 aromatic carbocycles. The normalized spacial score (nSPS) is 20.3. The van der Waals surface area contributed by atoms with Crippen LogP contribution in [0, 0.1) is 0 Å². The number of aromatic nitrogens is 3. The van der Waals surface area contributed by atoms with Crippen molar-refractivity contribution in [3.63, 3.8) is 0 Å². The Morgan fingerprint density at radius 3 is 1.65 bits per heavy atom. The van der Waals surface area contributed by atoms with Crippen molar-refractivity contribution >= 4 is 7.75 Å². The molecule has 1 aromatic heterocycles. The lowest BCUT2D eigenvalue weighted by Crippen LogP contribution is -2.48. The molecule has 0 radical (unpaired) electrons. The van der Waals surface area contributed by atoms with E-state index in [-0.39, 0.29) is 54.7 Å². The van der Waals surface area contributed by atoms with E-state index < -0.39 is 117 Å². The fourth-order valence-corrected chi connectivity index (χ4v) is 6.59. The second-order valence-corrected chi connectivity index (χ2v) is 16.1. The molecular weight excluding hydrogens is 929 g/mol. The molecule has 0 bridgehead atoms. The summed E-state index contributed by atoms with van der Waals surface area (Å²) in [5, 5.41) is 98.6. The van der Waals surface area contributed by atoms with Crippen molar-refractivity contribution in [3.05, 3.63) is 87.1 Å². The Labute approximate surface area is 372 Å². The van der Waals surface area contributed by atoms with Crippen molar-refractivity contribution in [1.29, 1.82) is 0 Å². The van der Waals surface area contributed by atoms with Gasteiger partial charge in [-0.05, 0) is 50.3 Å². The van der Waals surface area contributed by atoms with Gasteiger partial charge in [0.25, 0.3) is 0 Å². The third-order valence-electron chi connectivity index (χ3n) is 9.60. The van der Waals surface area contributed by atoms with Gasteiger partial charge < -0.3 is 81.0 Å². The molecule has 0 aliphatic carbocycles. The van der Waals surface area contributed by atoms with E-state index in [1.54, 1.807) is 49.3 Å². The van der Waals surface area contributed by atoms with Gasteiger partial charge >= 0.3 is 25.8 Å². The van der Waals surface area contributed by atoms with Crippen LogP contribution in [0.1, 0.15) is 47.1 Å². The maximum absolute atomic E-state index is 13.4.